The van der Waals surface area contributed by atoms with Gasteiger partial charge in [-0.3, -0.25) is 4.79 Å². The molecular weight excluding hydrogens is 197 g/mol. The van der Waals surface area contributed by atoms with Crippen molar-refractivity contribution in [2.45, 2.75) is 13.3 Å². The molecule has 15 heavy (non-hydrogen) atoms. The maximum Gasteiger partial charge on any atom is 0.255 e. The number of rotatable bonds is 4. The second-order valence-corrected chi connectivity index (χ2v) is 3.10. The van der Waals surface area contributed by atoms with Crippen molar-refractivity contribution in [3.05, 3.63) is 29.6 Å². The van der Waals surface area contributed by atoms with Crippen molar-refractivity contribution < 1.29 is 13.9 Å². The number of hydrogen-bond acceptors (Lipinski definition) is 2. The van der Waals surface area contributed by atoms with Crippen molar-refractivity contribution in [2.24, 2.45) is 0 Å². The van der Waals surface area contributed by atoms with E-state index in [0.717, 1.165) is 6.42 Å². The lowest BCUT2D eigenvalue weighted by atomic mass is 10.2. The molecule has 0 saturated carbocycles. The van der Waals surface area contributed by atoms with E-state index in [1.807, 2.05) is 6.92 Å². The number of carbonyl (C=O) groups excluding carboxylic acids is 1. The molecule has 0 aliphatic rings. The molecule has 1 rings (SSSR count). The molecule has 0 radical (unpaired) electrons. The van der Waals surface area contributed by atoms with E-state index in [-0.39, 0.29) is 11.7 Å². The maximum absolute atomic E-state index is 12.8. The lowest BCUT2D eigenvalue weighted by Gasteiger charge is -2.08. The Kier molecular flexibility index (Phi) is 4.09. The van der Waals surface area contributed by atoms with Gasteiger partial charge in [-0.15, -0.1) is 0 Å². The molecule has 1 aromatic carbocycles. The highest BCUT2D eigenvalue weighted by Gasteiger charge is 2.11. The molecule has 0 saturated heterocycles. The fraction of sp³-hybridized carbons (Fsp3) is 0.364. The van der Waals surface area contributed by atoms with Crippen LogP contribution in [-0.2, 0) is 0 Å². The number of amides is 1. The number of nitrogens with one attached hydrogen (secondary N) is 1. The van der Waals surface area contributed by atoms with E-state index in [4.69, 9.17) is 4.74 Å². The Labute approximate surface area is 88.2 Å². The summed E-state index contributed by atoms with van der Waals surface area (Å²) in [4.78, 5) is 11.6. The van der Waals surface area contributed by atoms with Gasteiger partial charge in [-0.1, -0.05) is 6.92 Å². The third-order valence-electron chi connectivity index (χ3n) is 1.94. The summed E-state index contributed by atoms with van der Waals surface area (Å²) in [5.74, 6) is -0.406. The number of hydrogen-bond donors (Lipinski definition) is 1. The average Bonchev–Trinajstić information content (AvgIpc) is 2.25. The molecule has 0 bridgehead atoms. The summed E-state index contributed by atoms with van der Waals surface area (Å²) in [6.07, 6.45) is 0.856. The average molecular weight is 211 g/mol. The van der Waals surface area contributed by atoms with Gasteiger partial charge in [0.1, 0.15) is 11.6 Å². The van der Waals surface area contributed by atoms with E-state index in [2.05, 4.69) is 5.32 Å². The fourth-order valence-electron chi connectivity index (χ4n) is 1.19. The van der Waals surface area contributed by atoms with Crippen LogP contribution in [0.4, 0.5) is 4.39 Å². The molecular formula is C11H14FNO2. The first kappa shape index (κ1) is 11.5. The zero-order valence-corrected chi connectivity index (χ0v) is 8.84. The molecule has 82 valence electrons. The summed E-state index contributed by atoms with van der Waals surface area (Å²) in [7, 11) is 1.41. The lowest BCUT2D eigenvalue weighted by Crippen LogP contribution is -2.24. The molecule has 1 N–H and O–H groups in total. The Morgan fingerprint density at radius 1 is 1.53 bits per heavy atom. The summed E-state index contributed by atoms with van der Waals surface area (Å²) in [5, 5.41) is 2.70. The van der Waals surface area contributed by atoms with Gasteiger partial charge < -0.3 is 10.1 Å². The van der Waals surface area contributed by atoms with Gasteiger partial charge in [-0.05, 0) is 18.6 Å². The van der Waals surface area contributed by atoms with E-state index in [9.17, 15) is 9.18 Å². The van der Waals surface area contributed by atoms with E-state index >= 15 is 0 Å². The standard InChI is InChI=1S/C11H14FNO2/c1-3-6-13-11(14)9-5-4-8(12)7-10(9)15-2/h4-5,7H,3,6H2,1-2H3,(H,13,14). The molecule has 1 aromatic rings. The molecule has 0 atom stereocenters. The third-order valence-corrected chi connectivity index (χ3v) is 1.94. The Hall–Kier alpha value is -1.58. The normalized spacial score (nSPS) is 9.80. The predicted molar refractivity (Wildman–Crippen MR) is 55.6 cm³/mol. The SMILES string of the molecule is CCCNC(=O)c1ccc(F)cc1OC. The van der Waals surface area contributed by atoms with Crippen LogP contribution in [0.25, 0.3) is 0 Å². The smallest absolute Gasteiger partial charge is 0.255 e. The minimum Gasteiger partial charge on any atom is -0.496 e. The number of methoxy groups -OCH3 is 1. The lowest BCUT2D eigenvalue weighted by molar-refractivity contribution is 0.0950. The van der Waals surface area contributed by atoms with E-state index in [1.54, 1.807) is 0 Å². The molecule has 0 unspecified atom stereocenters. The Bertz CT molecular complexity index is 352. The van der Waals surface area contributed by atoms with Crippen LogP contribution in [0.5, 0.6) is 5.75 Å². The maximum atomic E-state index is 12.8. The molecule has 0 aliphatic heterocycles. The summed E-state index contributed by atoms with van der Waals surface area (Å²) >= 11 is 0. The first-order valence-corrected chi connectivity index (χ1v) is 4.80. The zero-order valence-electron chi connectivity index (χ0n) is 8.84. The number of ether oxygens (including phenoxy) is 1. The van der Waals surface area contributed by atoms with Gasteiger partial charge >= 0.3 is 0 Å². The first-order chi connectivity index (χ1) is 7.19. The Morgan fingerprint density at radius 3 is 2.87 bits per heavy atom. The summed E-state index contributed by atoms with van der Waals surface area (Å²) in [6, 6.07) is 3.85. The predicted octanol–water partition coefficient (Wildman–Crippen LogP) is 1.97. The second kappa shape index (κ2) is 5.34. The van der Waals surface area contributed by atoms with E-state index in [0.29, 0.717) is 12.1 Å². The number of carbonyl (C=O) groups is 1. The van der Waals surface area contributed by atoms with Crippen molar-refractivity contribution in [1.29, 1.82) is 0 Å². The van der Waals surface area contributed by atoms with Crippen molar-refractivity contribution in [3.63, 3.8) is 0 Å². The minimum absolute atomic E-state index is 0.242. The van der Waals surface area contributed by atoms with Gasteiger partial charge in [0.2, 0.25) is 0 Å². The van der Waals surface area contributed by atoms with Crippen molar-refractivity contribution >= 4 is 5.91 Å². The molecule has 3 nitrogen and oxygen atoms in total. The van der Waals surface area contributed by atoms with Gasteiger partial charge in [0, 0.05) is 12.6 Å². The fourth-order valence-corrected chi connectivity index (χ4v) is 1.19. The van der Waals surface area contributed by atoms with Crippen LogP contribution in [0.2, 0.25) is 0 Å². The monoisotopic (exact) mass is 211 g/mol. The molecule has 0 aliphatic carbocycles. The van der Waals surface area contributed by atoms with Crippen LogP contribution in [0.15, 0.2) is 18.2 Å². The molecule has 0 heterocycles. The topological polar surface area (TPSA) is 38.3 Å². The summed E-state index contributed by atoms with van der Waals surface area (Å²) in [6.45, 7) is 2.56. The van der Waals surface area contributed by atoms with Gasteiger partial charge in [-0.2, -0.15) is 0 Å². The summed E-state index contributed by atoms with van der Waals surface area (Å²) < 4.78 is 17.8. The van der Waals surface area contributed by atoms with Crippen LogP contribution in [0.1, 0.15) is 23.7 Å². The zero-order chi connectivity index (χ0) is 11.3. The molecule has 0 fully saturated rings. The van der Waals surface area contributed by atoms with Gasteiger partial charge in [0.25, 0.3) is 5.91 Å². The highest BCUT2D eigenvalue weighted by atomic mass is 19.1. The molecule has 4 heteroatoms. The molecule has 0 spiro atoms. The van der Waals surface area contributed by atoms with Crippen LogP contribution < -0.4 is 10.1 Å². The highest BCUT2D eigenvalue weighted by molar-refractivity contribution is 5.96. The van der Waals surface area contributed by atoms with Crippen LogP contribution in [-0.4, -0.2) is 19.6 Å². The van der Waals surface area contributed by atoms with Crippen LogP contribution in [0.3, 0.4) is 0 Å². The Balaban J connectivity index is 2.87. The van der Waals surface area contributed by atoms with Gasteiger partial charge in [0.05, 0.1) is 12.7 Å². The van der Waals surface area contributed by atoms with Crippen LogP contribution in [0, 0.1) is 5.82 Å². The number of benzene rings is 1. The molecule has 0 aromatic heterocycles. The van der Waals surface area contributed by atoms with Crippen molar-refractivity contribution in [3.8, 4) is 5.75 Å². The quantitative estimate of drug-likeness (QED) is 0.826. The van der Waals surface area contributed by atoms with Crippen molar-refractivity contribution in [2.75, 3.05) is 13.7 Å². The van der Waals surface area contributed by atoms with Crippen molar-refractivity contribution in [1.82, 2.24) is 5.32 Å². The van der Waals surface area contributed by atoms with Gasteiger partial charge in [0.15, 0.2) is 0 Å². The summed E-state index contributed by atoms with van der Waals surface area (Å²) in [5.41, 5.74) is 0.354. The third kappa shape index (κ3) is 2.94. The van der Waals surface area contributed by atoms with Gasteiger partial charge in [-0.25, -0.2) is 4.39 Å². The van der Waals surface area contributed by atoms with E-state index in [1.165, 1.54) is 25.3 Å². The minimum atomic E-state index is -0.418. The Morgan fingerprint density at radius 2 is 2.27 bits per heavy atom. The second-order valence-electron chi connectivity index (χ2n) is 3.10. The first-order valence-electron chi connectivity index (χ1n) is 4.80. The highest BCUT2D eigenvalue weighted by Crippen LogP contribution is 2.19. The van der Waals surface area contributed by atoms with E-state index < -0.39 is 5.82 Å². The largest absolute Gasteiger partial charge is 0.496 e. The number of halogens is 1. The molecule has 1 amide bonds. The van der Waals surface area contributed by atoms with Crippen LogP contribution >= 0.6 is 0 Å².